The number of rotatable bonds is 3. The van der Waals surface area contributed by atoms with E-state index in [4.69, 9.17) is 11.7 Å². The van der Waals surface area contributed by atoms with E-state index in [1.165, 1.54) is 13.8 Å². The van der Waals surface area contributed by atoms with Crippen LogP contribution in [0.5, 0.6) is 0 Å². The maximum Gasteiger partial charge on any atom is 1.00 e. The Kier molecular flexibility index (Phi) is 7.92. The second-order valence-corrected chi connectivity index (χ2v) is 2.29. The number of carboxylic acid groups (broad SMARTS) is 1. The molecule has 13 heavy (non-hydrogen) atoms. The second kappa shape index (κ2) is 6.89. The number of hydrogen-bond donors (Lipinski definition) is 1. The first-order chi connectivity index (χ1) is 5.49. The molecular formula is C7H9N2NaO3. The molecule has 1 N–H and O–H groups in total. The van der Waals surface area contributed by atoms with Gasteiger partial charge in [0.15, 0.2) is 0 Å². The Morgan fingerprint density at radius 1 is 1.62 bits per heavy atom. The summed E-state index contributed by atoms with van der Waals surface area (Å²) in [6.45, 7) is 9.16. The Morgan fingerprint density at radius 2 is 2.08 bits per heavy atom. The number of carboxylic acids is 1. The van der Waals surface area contributed by atoms with E-state index in [1.807, 2.05) is 0 Å². The first-order valence-electron chi connectivity index (χ1n) is 3.33. The van der Waals surface area contributed by atoms with Gasteiger partial charge in [-0.2, -0.15) is 0 Å². The summed E-state index contributed by atoms with van der Waals surface area (Å²) in [5, 5.41) is 19.2. The van der Waals surface area contributed by atoms with Crippen molar-refractivity contribution in [3.05, 3.63) is 11.4 Å². The molecule has 0 aromatic heterocycles. The second-order valence-electron chi connectivity index (χ2n) is 2.29. The molecular weight excluding hydrogens is 183 g/mol. The molecule has 0 aromatic carbocycles. The smallest absolute Gasteiger partial charge is 0.857 e. The normalized spacial score (nSPS) is 15.0. The van der Waals surface area contributed by atoms with E-state index in [9.17, 15) is 9.90 Å². The van der Waals surface area contributed by atoms with Crippen molar-refractivity contribution in [3.63, 3.8) is 0 Å². The van der Waals surface area contributed by atoms with E-state index < -0.39 is 24.0 Å². The Labute approximate surface area is 98.6 Å². The molecule has 0 amide bonds. The van der Waals surface area contributed by atoms with Gasteiger partial charge >= 0.3 is 35.5 Å². The van der Waals surface area contributed by atoms with Crippen molar-refractivity contribution in [1.82, 2.24) is 0 Å². The molecule has 0 radical (unpaired) electrons. The quantitative estimate of drug-likeness (QED) is 0.218. The van der Waals surface area contributed by atoms with E-state index in [-0.39, 0.29) is 29.6 Å². The third-order valence-electron chi connectivity index (χ3n) is 1.23. The average Bonchev–Trinajstić information content (AvgIpc) is 2.02. The van der Waals surface area contributed by atoms with Crippen molar-refractivity contribution in [2.75, 3.05) is 0 Å². The molecule has 0 bridgehead atoms. The zero-order valence-electron chi connectivity index (χ0n) is 7.81. The van der Waals surface area contributed by atoms with Crippen LogP contribution in [0.1, 0.15) is 13.8 Å². The molecule has 0 fully saturated rings. The average molecular weight is 192 g/mol. The molecule has 0 aliphatic rings. The third kappa shape index (κ3) is 5.64. The predicted molar refractivity (Wildman–Crippen MR) is 40.6 cm³/mol. The number of aliphatic carboxylic acids is 1. The molecule has 0 heterocycles. The van der Waals surface area contributed by atoms with Gasteiger partial charge in [0, 0.05) is 12.8 Å². The van der Waals surface area contributed by atoms with Crippen LogP contribution in [0.15, 0.2) is 4.99 Å². The van der Waals surface area contributed by atoms with Crippen molar-refractivity contribution < 1.29 is 44.6 Å². The maximum absolute atomic E-state index is 10.8. The minimum atomic E-state index is -1.17. The summed E-state index contributed by atoms with van der Waals surface area (Å²) in [6.07, 6.45) is 0. The molecule has 0 aliphatic carbocycles. The molecule has 0 aromatic rings. The van der Waals surface area contributed by atoms with E-state index in [2.05, 4.69) is 9.84 Å². The Morgan fingerprint density at radius 3 is 2.38 bits per heavy atom. The fourth-order valence-electron chi connectivity index (χ4n) is 0.409. The number of aliphatic imine (C=N–C) groups is 1. The summed E-state index contributed by atoms with van der Waals surface area (Å²) < 4.78 is 0. The van der Waals surface area contributed by atoms with Crippen molar-refractivity contribution in [2.24, 2.45) is 4.99 Å². The zero-order chi connectivity index (χ0) is 9.72. The van der Waals surface area contributed by atoms with Gasteiger partial charge in [-0.15, -0.1) is 0 Å². The Bertz CT molecular complexity index is 247. The topological polar surface area (TPSA) is 77.1 Å². The van der Waals surface area contributed by atoms with Crippen LogP contribution in [0.4, 0.5) is 0 Å². The summed E-state index contributed by atoms with van der Waals surface area (Å²) in [7, 11) is 0. The van der Waals surface area contributed by atoms with Gasteiger partial charge in [0.1, 0.15) is 6.04 Å². The Hall–Kier alpha value is -0.570. The van der Waals surface area contributed by atoms with Gasteiger partial charge in [-0.25, -0.2) is 11.4 Å². The van der Waals surface area contributed by atoms with Gasteiger partial charge in [0.2, 0.25) is 6.04 Å². The number of hydrogen-bond acceptors (Lipinski definition) is 3. The van der Waals surface area contributed by atoms with E-state index in [1.54, 1.807) is 0 Å². The first kappa shape index (κ1) is 14.9. The molecule has 0 aliphatic heterocycles. The van der Waals surface area contributed by atoms with Gasteiger partial charge in [-0.05, 0) is 6.92 Å². The SMILES string of the molecule is [C-]#[N+][C@H](C)C([O-])=N[C@H](C)C(=O)O.[Na+]. The van der Waals surface area contributed by atoms with E-state index in [0.29, 0.717) is 0 Å². The third-order valence-corrected chi connectivity index (χ3v) is 1.23. The van der Waals surface area contributed by atoms with Crippen molar-refractivity contribution in [3.8, 4) is 0 Å². The minimum Gasteiger partial charge on any atom is -0.857 e. The van der Waals surface area contributed by atoms with Gasteiger partial charge in [-0.1, -0.05) is 0 Å². The largest absolute Gasteiger partial charge is 1.00 e. The summed E-state index contributed by atoms with van der Waals surface area (Å²) in [5.41, 5.74) is 0. The van der Waals surface area contributed by atoms with Crippen LogP contribution >= 0.6 is 0 Å². The fraction of sp³-hybridized carbons (Fsp3) is 0.571. The van der Waals surface area contributed by atoms with Crippen LogP contribution in [-0.2, 0) is 4.79 Å². The summed E-state index contributed by atoms with van der Waals surface area (Å²) >= 11 is 0. The molecule has 6 heteroatoms. The molecule has 0 saturated heterocycles. The molecule has 2 atom stereocenters. The van der Waals surface area contributed by atoms with Gasteiger partial charge in [-0.3, -0.25) is 4.99 Å². The predicted octanol–water partition coefficient (Wildman–Crippen LogP) is -3.47. The monoisotopic (exact) mass is 192 g/mol. The van der Waals surface area contributed by atoms with Crippen LogP contribution in [0, 0.1) is 6.57 Å². The van der Waals surface area contributed by atoms with Crippen LogP contribution in [0.25, 0.3) is 4.85 Å². The van der Waals surface area contributed by atoms with Crippen molar-refractivity contribution in [1.29, 1.82) is 0 Å². The Balaban J connectivity index is 0. The molecule has 0 saturated carbocycles. The molecule has 5 nitrogen and oxygen atoms in total. The minimum absolute atomic E-state index is 0. The van der Waals surface area contributed by atoms with Gasteiger partial charge in [0.05, 0.1) is 0 Å². The van der Waals surface area contributed by atoms with Crippen LogP contribution in [0.2, 0.25) is 0 Å². The fourth-order valence-corrected chi connectivity index (χ4v) is 0.409. The number of nitrogens with zero attached hydrogens (tertiary/aromatic N) is 2. The molecule has 0 unspecified atom stereocenters. The van der Waals surface area contributed by atoms with Crippen LogP contribution < -0.4 is 34.7 Å². The molecule has 0 rings (SSSR count). The van der Waals surface area contributed by atoms with Crippen molar-refractivity contribution >= 4 is 11.9 Å². The summed E-state index contributed by atoms with van der Waals surface area (Å²) in [5.74, 6) is -1.85. The van der Waals surface area contributed by atoms with E-state index in [0.717, 1.165) is 0 Å². The van der Waals surface area contributed by atoms with Crippen LogP contribution in [0.3, 0.4) is 0 Å². The van der Waals surface area contributed by atoms with Crippen LogP contribution in [-0.4, -0.2) is 29.1 Å². The number of carbonyl (C=O) groups is 1. The maximum atomic E-state index is 10.8. The standard InChI is InChI=1S/C7H10N2O3.Na/c1-4(8-3)6(10)9-5(2)7(11)12;/h4-5H,1-2H3,(H,9,10)(H,11,12);/q;+1/p-1/t4-,5-;/m1./s1. The molecule has 0 spiro atoms. The van der Waals surface area contributed by atoms with Gasteiger partial charge in [0.25, 0.3) is 0 Å². The summed E-state index contributed by atoms with van der Waals surface area (Å²) in [6, 6.07) is -1.95. The first-order valence-corrected chi connectivity index (χ1v) is 3.33. The van der Waals surface area contributed by atoms with E-state index >= 15 is 0 Å². The van der Waals surface area contributed by atoms with Crippen molar-refractivity contribution in [2.45, 2.75) is 25.9 Å². The summed E-state index contributed by atoms with van der Waals surface area (Å²) in [4.78, 5) is 16.4. The van der Waals surface area contributed by atoms with Gasteiger partial charge < -0.3 is 15.1 Å². The zero-order valence-corrected chi connectivity index (χ0v) is 9.81. The molecule has 66 valence electrons.